The fourth-order valence-electron chi connectivity index (χ4n) is 5.84. The molecular formula is C31H45NO5. The number of ether oxygens (including phenoxy) is 5. The predicted octanol–water partition coefficient (Wildman–Crippen LogP) is 6.21. The molecule has 1 aliphatic heterocycles. The predicted molar refractivity (Wildman–Crippen MR) is 148 cm³/mol. The smallest absolute Gasteiger partial charge is 0.142 e. The molecule has 0 bridgehead atoms. The van der Waals surface area contributed by atoms with Gasteiger partial charge >= 0.3 is 0 Å². The second kappa shape index (κ2) is 13.0. The van der Waals surface area contributed by atoms with Gasteiger partial charge in [-0.05, 0) is 87.3 Å². The van der Waals surface area contributed by atoms with Gasteiger partial charge in [0.15, 0.2) is 0 Å². The number of hydrogen-bond donors (Lipinski definition) is 0. The van der Waals surface area contributed by atoms with Gasteiger partial charge in [-0.15, -0.1) is 0 Å². The highest BCUT2D eigenvalue weighted by atomic mass is 16.5. The highest BCUT2D eigenvalue weighted by molar-refractivity contribution is 5.61. The van der Waals surface area contributed by atoms with Crippen molar-refractivity contribution in [3.8, 4) is 11.5 Å². The van der Waals surface area contributed by atoms with E-state index in [4.69, 9.17) is 23.7 Å². The van der Waals surface area contributed by atoms with Gasteiger partial charge in [-0.3, -0.25) is 0 Å². The number of fused-ring (bicyclic) bond motifs is 1. The fraction of sp³-hybridized carbons (Fsp3) is 0.613. The Morgan fingerprint density at radius 2 is 1.84 bits per heavy atom. The lowest BCUT2D eigenvalue weighted by Crippen LogP contribution is -2.34. The summed E-state index contributed by atoms with van der Waals surface area (Å²) in [4.78, 5) is 2.41. The lowest BCUT2D eigenvalue weighted by atomic mass is 9.73. The number of methoxy groups -OCH3 is 3. The van der Waals surface area contributed by atoms with E-state index in [0.717, 1.165) is 69.9 Å². The van der Waals surface area contributed by atoms with Crippen LogP contribution in [0.3, 0.4) is 0 Å². The second-order valence-corrected chi connectivity index (χ2v) is 11.1. The quantitative estimate of drug-likeness (QED) is 0.316. The Labute approximate surface area is 223 Å². The van der Waals surface area contributed by atoms with Crippen LogP contribution < -0.4 is 14.4 Å². The fourth-order valence-corrected chi connectivity index (χ4v) is 5.84. The molecule has 0 spiro atoms. The molecule has 0 unspecified atom stereocenters. The molecule has 1 fully saturated rings. The van der Waals surface area contributed by atoms with Crippen LogP contribution in [0.15, 0.2) is 42.5 Å². The van der Waals surface area contributed by atoms with Crippen LogP contribution in [0.4, 0.5) is 5.69 Å². The Morgan fingerprint density at radius 3 is 2.57 bits per heavy atom. The largest absolute Gasteiger partial charge is 0.497 e. The molecule has 3 atom stereocenters. The van der Waals surface area contributed by atoms with Gasteiger partial charge in [0.2, 0.25) is 0 Å². The molecule has 2 aliphatic rings. The number of nitrogens with zero attached hydrogens (tertiary/aromatic N) is 1. The summed E-state index contributed by atoms with van der Waals surface area (Å²) in [5, 5.41) is 0. The lowest BCUT2D eigenvalue weighted by Gasteiger charge is -2.39. The molecule has 204 valence electrons. The lowest BCUT2D eigenvalue weighted by molar-refractivity contribution is -0.0341. The first kappa shape index (κ1) is 27.7. The van der Waals surface area contributed by atoms with E-state index in [0.29, 0.717) is 18.4 Å². The van der Waals surface area contributed by atoms with Crippen LogP contribution in [-0.4, -0.2) is 59.3 Å². The molecule has 6 nitrogen and oxygen atoms in total. The first-order chi connectivity index (χ1) is 17.9. The van der Waals surface area contributed by atoms with Crippen molar-refractivity contribution in [1.29, 1.82) is 0 Å². The molecule has 6 heteroatoms. The van der Waals surface area contributed by atoms with Crippen LogP contribution in [0.2, 0.25) is 0 Å². The van der Waals surface area contributed by atoms with E-state index in [1.807, 2.05) is 7.11 Å². The number of anilines is 1. The molecule has 0 saturated heterocycles. The molecule has 1 heterocycles. The van der Waals surface area contributed by atoms with Crippen LogP contribution in [0.1, 0.15) is 63.0 Å². The van der Waals surface area contributed by atoms with Gasteiger partial charge in [-0.1, -0.05) is 18.2 Å². The summed E-state index contributed by atoms with van der Waals surface area (Å²) in [6, 6.07) is 15.0. The second-order valence-electron chi connectivity index (χ2n) is 11.1. The van der Waals surface area contributed by atoms with Crippen LogP contribution in [0.5, 0.6) is 11.5 Å². The van der Waals surface area contributed by atoms with Crippen LogP contribution >= 0.6 is 0 Å². The summed E-state index contributed by atoms with van der Waals surface area (Å²) in [6.07, 6.45) is 5.57. The van der Waals surface area contributed by atoms with E-state index in [1.54, 1.807) is 14.2 Å². The zero-order valence-corrected chi connectivity index (χ0v) is 23.3. The standard InChI is InChI=1S/C31H45NO5/c1-31(2,35-5)21-23-7-13-29(27(19-23)25-9-11-26(34-4)12-10-25)37-22-24-8-14-30-28(20-24)32(16-18-36-30)15-6-17-33-3/h8-12,14,20,23,27,29H,6-7,13,15-19,21-22H2,1-5H3/t23-,27+,29-/m0/s1. The van der Waals surface area contributed by atoms with E-state index in [-0.39, 0.29) is 11.7 Å². The maximum Gasteiger partial charge on any atom is 0.142 e. The molecule has 1 aliphatic carbocycles. The van der Waals surface area contributed by atoms with Crippen molar-refractivity contribution < 1.29 is 23.7 Å². The molecule has 2 aromatic carbocycles. The third-order valence-electron chi connectivity index (χ3n) is 8.00. The molecule has 0 aromatic heterocycles. The number of rotatable bonds is 12. The minimum absolute atomic E-state index is 0.108. The van der Waals surface area contributed by atoms with Gasteiger partial charge < -0.3 is 28.6 Å². The molecule has 0 N–H and O–H groups in total. The highest BCUT2D eigenvalue weighted by Gasteiger charge is 2.35. The first-order valence-corrected chi connectivity index (χ1v) is 13.7. The minimum atomic E-state index is -0.108. The SMILES string of the molecule is COCCCN1CCOc2ccc(CO[C@H]3CC[C@H](CC(C)(C)OC)C[C@@H]3c3ccc(OC)cc3)cc21. The summed E-state index contributed by atoms with van der Waals surface area (Å²) >= 11 is 0. The van der Waals surface area contributed by atoms with Gasteiger partial charge in [0.25, 0.3) is 0 Å². The Bertz CT molecular complexity index is 976. The average molecular weight is 512 g/mol. The van der Waals surface area contributed by atoms with Gasteiger partial charge in [-0.25, -0.2) is 0 Å². The molecule has 0 amide bonds. The van der Waals surface area contributed by atoms with Crippen molar-refractivity contribution in [1.82, 2.24) is 0 Å². The number of hydrogen-bond acceptors (Lipinski definition) is 6. The summed E-state index contributed by atoms with van der Waals surface area (Å²) < 4.78 is 29.0. The topological polar surface area (TPSA) is 49.4 Å². The Balaban J connectivity index is 1.46. The van der Waals surface area contributed by atoms with Crippen LogP contribution in [0.25, 0.3) is 0 Å². The molecule has 37 heavy (non-hydrogen) atoms. The zero-order valence-electron chi connectivity index (χ0n) is 23.3. The van der Waals surface area contributed by atoms with E-state index in [9.17, 15) is 0 Å². The molecule has 4 rings (SSSR count). The molecule has 0 radical (unpaired) electrons. The zero-order chi connectivity index (χ0) is 26.3. The third kappa shape index (κ3) is 7.40. The van der Waals surface area contributed by atoms with Crippen LogP contribution in [0, 0.1) is 5.92 Å². The van der Waals surface area contributed by atoms with Gasteiger partial charge in [0.05, 0.1) is 37.7 Å². The van der Waals surface area contributed by atoms with Crippen molar-refractivity contribution in [2.24, 2.45) is 5.92 Å². The summed E-state index contributed by atoms with van der Waals surface area (Å²) in [5.74, 6) is 2.82. The maximum atomic E-state index is 6.68. The number of benzene rings is 2. The van der Waals surface area contributed by atoms with Crippen molar-refractivity contribution in [2.75, 3.05) is 52.5 Å². The molecule has 2 aromatic rings. The van der Waals surface area contributed by atoms with Gasteiger partial charge in [-0.2, -0.15) is 0 Å². The van der Waals surface area contributed by atoms with Gasteiger partial charge in [0.1, 0.15) is 18.1 Å². The van der Waals surface area contributed by atoms with Crippen molar-refractivity contribution in [2.45, 2.75) is 70.2 Å². The summed E-state index contributed by atoms with van der Waals surface area (Å²) in [7, 11) is 5.29. The van der Waals surface area contributed by atoms with Gasteiger partial charge in [0, 0.05) is 33.3 Å². The van der Waals surface area contributed by atoms with E-state index < -0.39 is 0 Å². The van der Waals surface area contributed by atoms with E-state index in [1.165, 1.54) is 16.8 Å². The Hall–Kier alpha value is -2.28. The maximum absolute atomic E-state index is 6.68. The third-order valence-corrected chi connectivity index (χ3v) is 8.00. The normalized spacial score (nSPS) is 21.9. The molecular weight excluding hydrogens is 466 g/mol. The van der Waals surface area contributed by atoms with Crippen molar-refractivity contribution in [3.05, 3.63) is 53.6 Å². The Kier molecular flexibility index (Phi) is 9.74. The van der Waals surface area contributed by atoms with Crippen LogP contribution in [-0.2, 0) is 20.8 Å². The average Bonchev–Trinajstić information content (AvgIpc) is 2.92. The van der Waals surface area contributed by atoms with Crippen molar-refractivity contribution in [3.63, 3.8) is 0 Å². The van der Waals surface area contributed by atoms with Crippen molar-refractivity contribution >= 4 is 5.69 Å². The molecule has 1 saturated carbocycles. The minimum Gasteiger partial charge on any atom is -0.497 e. The van der Waals surface area contributed by atoms with E-state index in [2.05, 4.69) is 61.2 Å². The summed E-state index contributed by atoms with van der Waals surface area (Å²) in [5.41, 5.74) is 3.58. The Morgan fingerprint density at radius 1 is 1.03 bits per heavy atom. The monoisotopic (exact) mass is 511 g/mol. The van der Waals surface area contributed by atoms with E-state index >= 15 is 0 Å². The highest BCUT2D eigenvalue weighted by Crippen LogP contribution is 2.42. The first-order valence-electron chi connectivity index (χ1n) is 13.7. The summed E-state index contributed by atoms with van der Waals surface area (Å²) in [6.45, 7) is 8.35.